The van der Waals surface area contributed by atoms with Crippen LogP contribution < -0.4 is 16.0 Å². The van der Waals surface area contributed by atoms with E-state index >= 15 is 0 Å². The van der Waals surface area contributed by atoms with Gasteiger partial charge in [-0.1, -0.05) is 100 Å². The summed E-state index contributed by atoms with van der Waals surface area (Å²) in [7, 11) is 0. The molecule has 3 N–H and O–H groups in total. The minimum absolute atomic E-state index is 0.0619. The van der Waals surface area contributed by atoms with Gasteiger partial charge >= 0.3 is 24.2 Å². The van der Waals surface area contributed by atoms with Gasteiger partial charge in [0.2, 0.25) is 0 Å². The molecule has 11 nitrogen and oxygen atoms in total. The van der Waals surface area contributed by atoms with Crippen molar-refractivity contribution >= 4 is 24.2 Å². The van der Waals surface area contributed by atoms with Gasteiger partial charge in [0, 0.05) is 24.0 Å². The molecule has 8 rings (SSSR count). The number of rotatable bonds is 13. The third-order valence-electron chi connectivity index (χ3n) is 16.7. The number of benzene rings is 3. The van der Waals surface area contributed by atoms with Crippen LogP contribution in [0.5, 0.6) is 0 Å². The van der Waals surface area contributed by atoms with Crippen LogP contribution in [-0.2, 0) is 18.9 Å². The Kier molecular flexibility index (Phi) is 13.9. The smallest absolute Gasteiger partial charge is 0.407 e. The highest BCUT2D eigenvalue weighted by Gasteiger charge is 2.66. The lowest BCUT2D eigenvalue weighted by molar-refractivity contribution is -0.142. The van der Waals surface area contributed by atoms with E-state index in [-0.39, 0.29) is 89.6 Å². The molecule has 66 heavy (non-hydrogen) atoms. The predicted molar refractivity (Wildman–Crippen MR) is 255 cm³/mol. The van der Waals surface area contributed by atoms with E-state index in [2.05, 4.69) is 79.7 Å². The molecule has 4 saturated carbocycles. The first kappa shape index (κ1) is 47.2. The first-order chi connectivity index (χ1) is 31.6. The van der Waals surface area contributed by atoms with Crippen LogP contribution >= 0.6 is 0 Å². The lowest BCUT2D eigenvalue weighted by Crippen LogP contribution is -2.67. The standard InChI is InChI=1S/C55H71N3O8/c1-8-28-64-50(60)56-37-26-27-54(6)36(30-37)31-46(57-51(61)65-33-42-40-22-14-12-20-38(40)39-21-13-15-23-41(39)42)48-44-25-24-43(34(2)17-16-29-63-49(59)35-18-10-9-11-19-35)55(44,7)47(32-45(48)54)58-52(62)66-53(3,4)5/h8-15,18-23,34,36-37,42-48H,1,16-17,24-33H2,2-7H3,(H,56,60)(H,57,61)(H,58,62)/t34-,36+,37-,43-,44+,45+,46-,47+,48+,54+,55-/m1/s1. The van der Waals surface area contributed by atoms with Gasteiger partial charge < -0.3 is 34.9 Å². The van der Waals surface area contributed by atoms with Gasteiger partial charge in [-0.3, -0.25) is 0 Å². The topological polar surface area (TPSA) is 141 Å². The minimum atomic E-state index is -0.667. The minimum Gasteiger partial charge on any atom is -0.462 e. The molecule has 0 bridgehead atoms. The zero-order valence-corrected chi connectivity index (χ0v) is 39.8. The Hall–Kier alpha value is -5.32. The number of ether oxygens (including phenoxy) is 4. The fourth-order valence-electron chi connectivity index (χ4n) is 13.7. The van der Waals surface area contributed by atoms with Gasteiger partial charge in [-0.25, -0.2) is 19.2 Å². The molecule has 5 aliphatic carbocycles. The molecule has 0 heterocycles. The van der Waals surface area contributed by atoms with Crippen LogP contribution in [0.4, 0.5) is 14.4 Å². The number of hydrogen-bond donors (Lipinski definition) is 3. The summed E-state index contributed by atoms with van der Waals surface area (Å²) in [6.07, 6.45) is 7.81. The third kappa shape index (κ3) is 9.59. The molecule has 0 spiro atoms. The summed E-state index contributed by atoms with van der Waals surface area (Å²) in [6, 6.07) is 25.4. The number of amides is 3. The summed E-state index contributed by atoms with van der Waals surface area (Å²) in [5.41, 5.74) is 4.13. The van der Waals surface area contributed by atoms with E-state index in [0.29, 0.717) is 12.2 Å². The average molecular weight is 902 g/mol. The van der Waals surface area contributed by atoms with Gasteiger partial charge in [-0.15, -0.1) is 0 Å². The first-order valence-electron chi connectivity index (χ1n) is 24.5. The molecule has 0 unspecified atom stereocenters. The number of alkyl carbamates (subject to hydrolysis) is 3. The average Bonchev–Trinajstić information content (AvgIpc) is 3.81. The summed E-state index contributed by atoms with van der Waals surface area (Å²) < 4.78 is 23.3. The highest BCUT2D eigenvalue weighted by molar-refractivity contribution is 5.89. The maximum atomic E-state index is 14.4. The second kappa shape index (κ2) is 19.5. The Balaban J connectivity index is 1.06. The molecule has 0 saturated heterocycles. The predicted octanol–water partition coefficient (Wildman–Crippen LogP) is 11.2. The molecule has 11 heteroatoms. The monoisotopic (exact) mass is 902 g/mol. The van der Waals surface area contributed by atoms with Crippen LogP contribution in [0.15, 0.2) is 91.5 Å². The van der Waals surface area contributed by atoms with Gasteiger partial charge in [0.05, 0.1) is 12.2 Å². The molecule has 354 valence electrons. The van der Waals surface area contributed by atoms with E-state index in [9.17, 15) is 19.2 Å². The summed E-state index contributed by atoms with van der Waals surface area (Å²) in [6.45, 7) is 17.2. The Bertz CT molecular complexity index is 2200. The van der Waals surface area contributed by atoms with E-state index in [1.165, 1.54) is 22.3 Å². The highest BCUT2D eigenvalue weighted by Crippen LogP contribution is 2.68. The Morgan fingerprint density at radius 1 is 0.773 bits per heavy atom. The van der Waals surface area contributed by atoms with Crippen molar-refractivity contribution in [3.8, 4) is 11.1 Å². The van der Waals surface area contributed by atoms with Crippen LogP contribution in [0.25, 0.3) is 11.1 Å². The molecular weight excluding hydrogens is 831 g/mol. The van der Waals surface area contributed by atoms with Gasteiger partial charge in [0.1, 0.15) is 18.8 Å². The van der Waals surface area contributed by atoms with Gasteiger partial charge in [0.25, 0.3) is 0 Å². The highest BCUT2D eigenvalue weighted by atomic mass is 16.6. The van der Waals surface area contributed by atoms with Gasteiger partial charge in [0.15, 0.2) is 0 Å². The summed E-state index contributed by atoms with van der Waals surface area (Å²) in [5, 5.41) is 10.1. The normalized spacial score (nSPS) is 30.2. The van der Waals surface area contributed by atoms with E-state index < -0.39 is 23.9 Å². The number of hydrogen-bond acceptors (Lipinski definition) is 8. The molecule has 0 radical (unpaired) electrons. The maximum Gasteiger partial charge on any atom is 0.407 e. The third-order valence-corrected chi connectivity index (χ3v) is 16.7. The molecule has 3 aromatic carbocycles. The lowest BCUT2D eigenvalue weighted by Gasteiger charge is -2.65. The molecule has 11 atom stereocenters. The van der Waals surface area contributed by atoms with E-state index in [0.717, 1.165) is 57.8 Å². The summed E-state index contributed by atoms with van der Waals surface area (Å²) in [4.78, 5) is 53.8. The van der Waals surface area contributed by atoms with Crippen LogP contribution in [0, 0.1) is 46.3 Å². The SMILES string of the molecule is C=CCOC(=O)N[C@@H]1CC[C@@]2(C)[C@@H](C1)C[C@@H](NC(=O)OCC1c3ccccc3-c3ccccc31)[C@@H]1[C@@H]2C[C@H](NC(=O)OC(C)(C)C)[C@]2(C)[C@@H]([C@H](C)CCCOC(=O)c3ccccc3)CC[C@@H]12. The van der Waals surface area contributed by atoms with Crippen molar-refractivity contribution in [3.05, 3.63) is 108 Å². The fraction of sp³-hybridized carbons (Fsp3) is 0.564. The Labute approximate surface area is 391 Å². The second-order valence-corrected chi connectivity index (χ2v) is 21.4. The largest absolute Gasteiger partial charge is 0.462 e. The Morgan fingerprint density at radius 3 is 2.12 bits per heavy atom. The molecule has 4 fully saturated rings. The van der Waals surface area contributed by atoms with Crippen molar-refractivity contribution in [3.63, 3.8) is 0 Å². The quantitative estimate of drug-likeness (QED) is 0.0666. The first-order valence-corrected chi connectivity index (χ1v) is 24.5. The van der Waals surface area contributed by atoms with Crippen LogP contribution in [0.2, 0.25) is 0 Å². The van der Waals surface area contributed by atoms with Crippen LogP contribution in [0.1, 0.15) is 127 Å². The lowest BCUT2D eigenvalue weighted by atomic mass is 9.42. The summed E-state index contributed by atoms with van der Waals surface area (Å²) in [5.74, 6) is 0.805. The van der Waals surface area contributed by atoms with Crippen molar-refractivity contribution in [2.24, 2.45) is 46.3 Å². The number of carbonyl (C=O) groups is 4. The van der Waals surface area contributed by atoms with Crippen LogP contribution in [0.3, 0.4) is 0 Å². The zero-order chi connectivity index (χ0) is 46.8. The number of carbonyl (C=O) groups excluding carboxylic acids is 4. The number of nitrogens with one attached hydrogen (secondary N) is 3. The molecular formula is C55H71N3O8. The van der Waals surface area contributed by atoms with E-state index in [4.69, 9.17) is 18.9 Å². The number of esters is 1. The molecule has 0 aromatic heterocycles. The Morgan fingerprint density at radius 2 is 1.44 bits per heavy atom. The van der Waals surface area contributed by atoms with Crippen molar-refractivity contribution in [1.29, 1.82) is 0 Å². The molecule has 0 aliphatic heterocycles. The molecule has 5 aliphatic rings. The molecule has 3 amide bonds. The van der Waals surface area contributed by atoms with E-state index in [1.807, 2.05) is 51.1 Å². The molecule has 3 aromatic rings. The number of fused-ring (bicyclic) bond motifs is 8. The van der Waals surface area contributed by atoms with Gasteiger partial charge in [-0.05, 0) is 159 Å². The zero-order valence-electron chi connectivity index (χ0n) is 39.8. The maximum absolute atomic E-state index is 14.4. The van der Waals surface area contributed by atoms with Crippen molar-refractivity contribution in [2.45, 2.75) is 129 Å². The fourth-order valence-corrected chi connectivity index (χ4v) is 13.7. The van der Waals surface area contributed by atoms with Crippen molar-refractivity contribution in [2.75, 3.05) is 19.8 Å². The van der Waals surface area contributed by atoms with E-state index in [1.54, 1.807) is 18.2 Å². The summed E-state index contributed by atoms with van der Waals surface area (Å²) >= 11 is 0. The van der Waals surface area contributed by atoms with Crippen LogP contribution in [-0.4, -0.2) is 67.8 Å². The van der Waals surface area contributed by atoms with Gasteiger partial charge in [-0.2, -0.15) is 0 Å². The second-order valence-electron chi connectivity index (χ2n) is 21.4. The van der Waals surface area contributed by atoms with Crippen molar-refractivity contribution in [1.82, 2.24) is 16.0 Å². The van der Waals surface area contributed by atoms with Crippen molar-refractivity contribution < 1.29 is 38.1 Å².